The van der Waals surface area contributed by atoms with Crippen LogP contribution < -0.4 is 4.90 Å². The lowest BCUT2D eigenvalue weighted by Crippen LogP contribution is -2.26. The summed E-state index contributed by atoms with van der Waals surface area (Å²) in [5, 5.41) is 0. The molecule has 1 fully saturated rings. The lowest BCUT2D eigenvalue weighted by molar-refractivity contribution is 0.539. The van der Waals surface area contributed by atoms with Crippen LogP contribution in [0.1, 0.15) is 44.6 Å². The fourth-order valence-corrected chi connectivity index (χ4v) is 4.18. The molecule has 0 spiro atoms. The zero-order valence-electron chi connectivity index (χ0n) is 16.1. The Morgan fingerprint density at radius 1 is 1.11 bits per heavy atom. The second-order valence-electron chi connectivity index (χ2n) is 7.48. The molecule has 0 aliphatic carbocycles. The summed E-state index contributed by atoms with van der Waals surface area (Å²) in [5.74, 6) is 2.88. The molecule has 4 heterocycles. The average Bonchev–Trinajstić information content (AvgIpc) is 3.46. The summed E-state index contributed by atoms with van der Waals surface area (Å²) in [6.07, 6.45) is 9.23. The Bertz CT molecular complexity index is 1100. The number of imidazole rings is 2. The Kier molecular flexibility index (Phi) is 4.07. The van der Waals surface area contributed by atoms with E-state index in [1.807, 2.05) is 16.8 Å². The van der Waals surface area contributed by atoms with Crippen molar-refractivity contribution < 1.29 is 0 Å². The average molecular weight is 373 g/mol. The summed E-state index contributed by atoms with van der Waals surface area (Å²) in [4.78, 5) is 20.5. The van der Waals surface area contributed by atoms with Crippen molar-refractivity contribution in [1.82, 2.24) is 29.1 Å². The normalized spacial score (nSPS) is 17.1. The van der Waals surface area contributed by atoms with Crippen molar-refractivity contribution in [2.24, 2.45) is 0 Å². The lowest BCUT2D eigenvalue weighted by Gasteiger charge is -2.27. The van der Waals surface area contributed by atoms with E-state index < -0.39 is 0 Å². The molecule has 1 saturated heterocycles. The van der Waals surface area contributed by atoms with Gasteiger partial charge in [0.1, 0.15) is 30.1 Å². The molecule has 1 aromatic carbocycles. The summed E-state index contributed by atoms with van der Waals surface area (Å²) in [6.45, 7) is 5.41. The highest BCUT2D eigenvalue weighted by molar-refractivity contribution is 5.76. The van der Waals surface area contributed by atoms with Crippen molar-refractivity contribution in [3.63, 3.8) is 0 Å². The predicted molar refractivity (Wildman–Crippen MR) is 109 cm³/mol. The number of benzene rings is 1. The highest BCUT2D eigenvalue weighted by atomic mass is 15.3. The van der Waals surface area contributed by atoms with Crippen LogP contribution in [0.15, 0.2) is 55.4 Å². The van der Waals surface area contributed by atoms with Gasteiger partial charge in [0, 0.05) is 31.0 Å². The van der Waals surface area contributed by atoms with Gasteiger partial charge in [-0.2, -0.15) is 0 Å². The number of anilines is 1. The summed E-state index contributed by atoms with van der Waals surface area (Å²) in [7, 11) is 0. The van der Waals surface area contributed by atoms with Crippen LogP contribution >= 0.6 is 0 Å². The first kappa shape index (κ1) is 16.9. The van der Waals surface area contributed by atoms with Gasteiger partial charge in [-0.25, -0.2) is 19.9 Å². The van der Waals surface area contributed by atoms with E-state index in [2.05, 4.69) is 62.5 Å². The molecule has 0 unspecified atom stereocenters. The first-order valence-electron chi connectivity index (χ1n) is 9.76. The first-order chi connectivity index (χ1) is 13.7. The van der Waals surface area contributed by atoms with Gasteiger partial charge in [-0.1, -0.05) is 12.1 Å². The Hall–Kier alpha value is -3.22. The molecule has 3 aromatic heterocycles. The van der Waals surface area contributed by atoms with E-state index in [0.717, 1.165) is 42.4 Å². The molecule has 7 heteroatoms. The fraction of sp³-hybridized carbons (Fsp3) is 0.333. The molecule has 5 rings (SSSR count). The maximum absolute atomic E-state index is 5.03. The van der Waals surface area contributed by atoms with E-state index in [0.29, 0.717) is 6.04 Å². The highest BCUT2D eigenvalue weighted by Gasteiger charge is 2.32. The van der Waals surface area contributed by atoms with Gasteiger partial charge in [-0.3, -0.25) is 4.57 Å². The molecule has 7 nitrogen and oxygen atoms in total. The number of nitrogens with zero attached hydrogens (tertiary/aromatic N) is 7. The van der Waals surface area contributed by atoms with Crippen LogP contribution in [0.25, 0.3) is 16.9 Å². The largest absolute Gasteiger partial charge is 0.346 e. The van der Waals surface area contributed by atoms with E-state index in [1.165, 1.54) is 5.52 Å². The van der Waals surface area contributed by atoms with E-state index in [1.54, 1.807) is 18.9 Å². The lowest BCUT2D eigenvalue weighted by atomic mass is 10.2. The molecular weight excluding hydrogens is 350 g/mol. The number of rotatable bonds is 4. The molecular formula is C21H23N7. The zero-order valence-corrected chi connectivity index (χ0v) is 16.1. The van der Waals surface area contributed by atoms with Gasteiger partial charge in [0.25, 0.3) is 0 Å². The Morgan fingerprint density at radius 3 is 2.79 bits per heavy atom. The van der Waals surface area contributed by atoms with Crippen LogP contribution in [0.3, 0.4) is 0 Å². The van der Waals surface area contributed by atoms with E-state index in [-0.39, 0.29) is 6.04 Å². The second-order valence-corrected chi connectivity index (χ2v) is 7.48. The van der Waals surface area contributed by atoms with Gasteiger partial charge in [0.2, 0.25) is 0 Å². The van der Waals surface area contributed by atoms with Gasteiger partial charge in [0.05, 0.1) is 17.1 Å². The van der Waals surface area contributed by atoms with E-state index >= 15 is 0 Å². The van der Waals surface area contributed by atoms with Gasteiger partial charge in [0.15, 0.2) is 0 Å². The third-order valence-electron chi connectivity index (χ3n) is 5.39. The fourth-order valence-electron chi connectivity index (χ4n) is 4.18. The second kappa shape index (κ2) is 6.74. The summed E-state index contributed by atoms with van der Waals surface area (Å²) >= 11 is 0. The Morgan fingerprint density at radius 2 is 1.96 bits per heavy atom. The minimum atomic E-state index is 0.209. The van der Waals surface area contributed by atoms with Crippen LogP contribution in [0.4, 0.5) is 5.82 Å². The number of aromatic nitrogens is 6. The van der Waals surface area contributed by atoms with Crippen LogP contribution in [0.5, 0.6) is 0 Å². The number of fused-ring (bicyclic) bond motifs is 1. The smallest absolute Gasteiger partial charge is 0.143 e. The molecule has 0 saturated carbocycles. The van der Waals surface area contributed by atoms with E-state index in [9.17, 15) is 0 Å². The first-order valence-corrected chi connectivity index (χ1v) is 9.76. The van der Waals surface area contributed by atoms with Gasteiger partial charge in [-0.05, 0) is 38.8 Å². The molecule has 142 valence electrons. The molecule has 28 heavy (non-hydrogen) atoms. The van der Waals surface area contributed by atoms with Gasteiger partial charge in [-0.15, -0.1) is 0 Å². The maximum atomic E-state index is 5.03. The minimum Gasteiger partial charge on any atom is -0.346 e. The van der Waals surface area contributed by atoms with Crippen molar-refractivity contribution in [2.45, 2.75) is 38.8 Å². The third-order valence-corrected chi connectivity index (χ3v) is 5.39. The van der Waals surface area contributed by atoms with Crippen molar-refractivity contribution in [3.05, 3.63) is 61.2 Å². The maximum Gasteiger partial charge on any atom is 0.143 e. The van der Waals surface area contributed by atoms with Crippen molar-refractivity contribution in [2.75, 3.05) is 11.4 Å². The third kappa shape index (κ3) is 2.74. The van der Waals surface area contributed by atoms with Crippen LogP contribution in [0.2, 0.25) is 0 Å². The van der Waals surface area contributed by atoms with Crippen LogP contribution in [-0.2, 0) is 0 Å². The Balaban J connectivity index is 1.58. The molecule has 0 radical (unpaired) electrons. The zero-order chi connectivity index (χ0) is 19.1. The van der Waals surface area contributed by atoms with E-state index in [4.69, 9.17) is 4.98 Å². The summed E-state index contributed by atoms with van der Waals surface area (Å²) < 4.78 is 4.27. The molecule has 0 amide bonds. The quantitative estimate of drug-likeness (QED) is 0.542. The number of hydrogen-bond acceptors (Lipinski definition) is 5. The molecule has 0 N–H and O–H groups in total. The minimum absolute atomic E-state index is 0.209. The number of hydrogen-bond donors (Lipinski definition) is 0. The highest BCUT2D eigenvalue weighted by Crippen LogP contribution is 2.37. The standard InChI is InChI=1S/C21H23N7/c1-15(2)28-17-7-4-3-6-16(17)25-21(28)18-8-5-10-27(18)20-12-19(23-13-24-20)26-11-9-22-14-26/h3-4,6-7,9,11-15,18H,5,8,10H2,1-2H3/t18-/m1/s1. The van der Waals surface area contributed by atoms with Crippen molar-refractivity contribution in [1.29, 1.82) is 0 Å². The molecule has 1 aliphatic heterocycles. The Labute approximate surface area is 163 Å². The molecule has 1 atom stereocenters. The molecule has 0 bridgehead atoms. The monoisotopic (exact) mass is 373 g/mol. The van der Waals surface area contributed by atoms with Gasteiger partial charge < -0.3 is 9.47 Å². The van der Waals surface area contributed by atoms with Crippen LogP contribution in [-0.4, -0.2) is 35.6 Å². The summed E-state index contributed by atoms with van der Waals surface area (Å²) in [5.41, 5.74) is 2.25. The molecule has 1 aliphatic rings. The van der Waals surface area contributed by atoms with Crippen molar-refractivity contribution in [3.8, 4) is 5.82 Å². The predicted octanol–water partition coefficient (Wildman–Crippen LogP) is 3.93. The topological polar surface area (TPSA) is 64.7 Å². The summed E-state index contributed by atoms with van der Waals surface area (Å²) in [6, 6.07) is 11.0. The SMILES string of the molecule is CC(C)n1c([C@H]2CCCN2c2cc(-n3ccnc3)ncn2)nc2ccccc21. The molecule has 4 aromatic rings. The van der Waals surface area contributed by atoms with Gasteiger partial charge >= 0.3 is 0 Å². The number of para-hydroxylation sites is 2. The van der Waals surface area contributed by atoms with Crippen LogP contribution in [0, 0.1) is 0 Å². The van der Waals surface area contributed by atoms with Crippen molar-refractivity contribution >= 4 is 16.9 Å².